The largest absolute Gasteiger partial charge is 0.504 e. The maximum absolute atomic E-state index is 9.77. The SMILES string of the molecule is Oc1ccccc1OCC(O)Cc1cccs1. The Morgan fingerprint density at radius 2 is 2.00 bits per heavy atom. The van der Waals surface area contributed by atoms with Gasteiger partial charge in [-0.05, 0) is 23.6 Å². The number of hydrogen-bond acceptors (Lipinski definition) is 4. The van der Waals surface area contributed by atoms with Gasteiger partial charge in [0.1, 0.15) is 6.61 Å². The lowest BCUT2D eigenvalue weighted by Crippen LogP contribution is -2.19. The van der Waals surface area contributed by atoms with Crippen LogP contribution in [0.5, 0.6) is 11.5 Å². The Morgan fingerprint density at radius 3 is 2.71 bits per heavy atom. The molecule has 0 aliphatic heterocycles. The van der Waals surface area contributed by atoms with E-state index in [0.717, 1.165) is 4.88 Å². The highest BCUT2D eigenvalue weighted by molar-refractivity contribution is 7.09. The van der Waals surface area contributed by atoms with Gasteiger partial charge >= 0.3 is 0 Å². The number of phenolic OH excluding ortho intramolecular Hbond substituents is 1. The molecule has 1 unspecified atom stereocenters. The zero-order chi connectivity index (χ0) is 12.1. The molecule has 1 aromatic heterocycles. The van der Waals surface area contributed by atoms with Gasteiger partial charge in [0.2, 0.25) is 0 Å². The summed E-state index contributed by atoms with van der Waals surface area (Å²) in [7, 11) is 0. The van der Waals surface area contributed by atoms with Gasteiger partial charge in [0.15, 0.2) is 11.5 Å². The molecule has 17 heavy (non-hydrogen) atoms. The number of hydrogen-bond donors (Lipinski definition) is 2. The second-order valence-electron chi connectivity index (χ2n) is 3.72. The van der Waals surface area contributed by atoms with Gasteiger partial charge in [0.05, 0.1) is 6.10 Å². The summed E-state index contributed by atoms with van der Waals surface area (Å²) in [6, 6.07) is 10.7. The molecule has 2 N–H and O–H groups in total. The van der Waals surface area contributed by atoms with Crippen LogP contribution < -0.4 is 4.74 Å². The predicted octanol–water partition coefficient (Wildman–Crippen LogP) is 2.44. The molecule has 0 saturated heterocycles. The summed E-state index contributed by atoms with van der Waals surface area (Å²) in [5.74, 6) is 0.494. The van der Waals surface area contributed by atoms with E-state index < -0.39 is 6.10 Å². The van der Waals surface area contributed by atoms with E-state index in [4.69, 9.17) is 4.74 Å². The number of thiophene rings is 1. The van der Waals surface area contributed by atoms with Crippen molar-refractivity contribution in [1.29, 1.82) is 0 Å². The fourth-order valence-corrected chi connectivity index (χ4v) is 2.26. The van der Waals surface area contributed by atoms with Crippen LogP contribution >= 0.6 is 11.3 Å². The molecule has 2 rings (SSSR count). The highest BCUT2D eigenvalue weighted by Crippen LogP contribution is 2.24. The van der Waals surface area contributed by atoms with E-state index in [1.54, 1.807) is 35.6 Å². The average Bonchev–Trinajstić information content (AvgIpc) is 2.81. The van der Waals surface area contributed by atoms with Crippen LogP contribution in [0.3, 0.4) is 0 Å². The molecule has 2 aromatic rings. The summed E-state index contributed by atoms with van der Waals surface area (Å²) in [5, 5.41) is 21.2. The zero-order valence-electron chi connectivity index (χ0n) is 9.24. The summed E-state index contributed by atoms with van der Waals surface area (Å²) in [6.07, 6.45) is 0.0129. The van der Waals surface area contributed by atoms with Crippen molar-refractivity contribution in [3.05, 3.63) is 46.7 Å². The van der Waals surface area contributed by atoms with Crippen molar-refractivity contribution in [3.8, 4) is 11.5 Å². The fourth-order valence-electron chi connectivity index (χ4n) is 1.49. The Hall–Kier alpha value is -1.52. The van der Waals surface area contributed by atoms with Crippen LogP contribution in [0.1, 0.15) is 4.88 Å². The van der Waals surface area contributed by atoms with E-state index in [0.29, 0.717) is 12.2 Å². The van der Waals surface area contributed by atoms with Crippen molar-refractivity contribution in [2.45, 2.75) is 12.5 Å². The molecule has 0 amide bonds. The van der Waals surface area contributed by atoms with Crippen molar-refractivity contribution in [3.63, 3.8) is 0 Å². The third kappa shape index (κ3) is 3.47. The van der Waals surface area contributed by atoms with Gasteiger partial charge in [-0.3, -0.25) is 0 Å². The summed E-state index contributed by atoms with van der Waals surface area (Å²) >= 11 is 1.61. The van der Waals surface area contributed by atoms with Gasteiger partial charge in [-0.1, -0.05) is 18.2 Å². The number of aliphatic hydroxyl groups is 1. The van der Waals surface area contributed by atoms with E-state index in [9.17, 15) is 10.2 Å². The van der Waals surface area contributed by atoms with Gasteiger partial charge in [-0.15, -0.1) is 11.3 Å². The van der Waals surface area contributed by atoms with Gasteiger partial charge in [-0.2, -0.15) is 0 Å². The van der Waals surface area contributed by atoms with Gasteiger partial charge in [-0.25, -0.2) is 0 Å². The molecule has 0 spiro atoms. The number of rotatable bonds is 5. The summed E-state index contributed by atoms with van der Waals surface area (Å²) < 4.78 is 5.35. The average molecular weight is 250 g/mol. The molecule has 0 fully saturated rings. The maximum atomic E-state index is 9.77. The predicted molar refractivity (Wildman–Crippen MR) is 67.6 cm³/mol. The third-order valence-corrected chi connectivity index (χ3v) is 3.21. The van der Waals surface area contributed by atoms with Crippen molar-refractivity contribution < 1.29 is 14.9 Å². The Labute approximate surface area is 104 Å². The molecule has 90 valence electrons. The number of ether oxygens (including phenoxy) is 1. The lowest BCUT2D eigenvalue weighted by atomic mass is 10.2. The Kier molecular flexibility index (Phi) is 4.01. The van der Waals surface area contributed by atoms with Crippen molar-refractivity contribution in [1.82, 2.24) is 0 Å². The van der Waals surface area contributed by atoms with E-state index in [-0.39, 0.29) is 12.4 Å². The normalized spacial score (nSPS) is 12.3. The zero-order valence-corrected chi connectivity index (χ0v) is 10.1. The van der Waals surface area contributed by atoms with E-state index in [2.05, 4.69) is 0 Å². The van der Waals surface area contributed by atoms with Crippen LogP contribution in [0.15, 0.2) is 41.8 Å². The number of benzene rings is 1. The molecule has 0 bridgehead atoms. The molecule has 3 nitrogen and oxygen atoms in total. The van der Waals surface area contributed by atoms with E-state index in [1.165, 1.54) is 0 Å². The van der Waals surface area contributed by atoms with Gasteiger partial charge < -0.3 is 14.9 Å². The molecule has 1 aromatic carbocycles. The number of aliphatic hydroxyl groups excluding tert-OH is 1. The van der Waals surface area contributed by atoms with Crippen molar-refractivity contribution in [2.24, 2.45) is 0 Å². The Morgan fingerprint density at radius 1 is 1.18 bits per heavy atom. The van der Waals surface area contributed by atoms with Crippen molar-refractivity contribution >= 4 is 11.3 Å². The minimum Gasteiger partial charge on any atom is -0.504 e. The topological polar surface area (TPSA) is 49.7 Å². The summed E-state index contributed by atoms with van der Waals surface area (Å²) in [5.41, 5.74) is 0. The first kappa shape index (κ1) is 12.0. The molecule has 4 heteroatoms. The number of aromatic hydroxyl groups is 1. The highest BCUT2D eigenvalue weighted by Gasteiger charge is 2.08. The van der Waals surface area contributed by atoms with Crippen LogP contribution in [0, 0.1) is 0 Å². The molecule has 1 atom stereocenters. The lowest BCUT2D eigenvalue weighted by molar-refractivity contribution is 0.107. The minimum atomic E-state index is -0.562. The number of phenols is 1. The Bertz CT molecular complexity index is 453. The first-order valence-electron chi connectivity index (χ1n) is 5.37. The van der Waals surface area contributed by atoms with Crippen molar-refractivity contribution in [2.75, 3.05) is 6.61 Å². The van der Waals surface area contributed by atoms with E-state index >= 15 is 0 Å². The third-order valence-electron chi connectivity index (χ3n) is 2.31. The molecule has 0 aliphatic rings. The standard InChI is InChI=1S/C13H14O3S/c14-10(8-11-4-3-7-17-11)9-16-13-6-2-1-5-12(13)15/h1-7,10,14-15H,8-9H2. The first-order chi connectivity index (χ1) is 8.25. The maximum Gasteiger partial charge on any atom is 0.161 e. The second-order valence-corrected chi connectivity index (χ2v) is 4.75. The highest BCUT2D eigenvalue weighted by atomic mass is 32.1. The first-order valence-corrected chi connectivity index (χ1v) is 6.25. The smallest absolute Gasteiger partial charge is 0.161 e. The fraction of sp³-hybridized carbons (Fsp3) is 0.231. The summed E-state index contributed by atoms with van der Waals surface area (Å²) in [4.78, 5) is 1.12. The lowest BCUT2D eigenvalue weighted by Gasteiger charge is -2.12. The van der Waals surface area contributed by atoms with Crippen LogP contribution in [0.25, 0.3) is 0 Å². The summed E-state index contributed by atoms with van der Waals surface area (Å²) in [6.45, 7) is 0.176. The van der Waals surface area contributed by atoms with Crippen LogP contribution in [0.2, 0.25) is 0 Å². The molecule has 0 aliphatic carbocycles. The Balaban J connectivity index is 1.84. The van der Waals surface area contributed by atoms with Gasteiger partial charge in [0.25, 0.3) is 0 Å². The molecular weight excluding hydrogens is 236 g/mol. The second kappa shape index (κ2) is 5.70. The van der Waals surface area contributed by atoms with Crippen LogP contribution in [-0.2, 0) is 6.42 Å². The molecular formula is C13H14O3S. The van der Waals surface area contributed by atoms with E-state index in [1.807, 2.05) is 17.5 Å². The monoisotopic (exact) mass is 250 g/mol. The number of para-hydroxylation sites is 2. The van der Waals surface area contributed by atoms with Crippen LogP contribution in [0.4, 0.5) is 0 Å². The molecule has 0 radical (unpaired) electrons. The van der Waals surface area contributed by atoms with Crippen LogP contribution in [-0.4, -0.2) is 22.9 Å². The van der Waals surface area contributed by atoms with Gasteiger partial charge in [0, 0.05) is 11.3 Å². The quantitative estimate of drug-likeness (QED) is 0.857. The molecule has 1 heterocycles. The molecule has 0 saturated carbocycles. The minimum absolute atomic E-state index is 0.0934.